The molecule has 9 heteroatoms. The maximum absolute atomic E-state index is 14.1. The number of fused-ring (bicyclic) bond motifs is 1. The van der Waals surface area contributed by atoms with Crippen molar-refractivity contribution < 1.29 is 13.9 Å². The zero-order chi connectivity index (χ0) is 29.6. The molecule has 6 nitrogen and oxygen atoms in total. The third-order valence-corrected chi connectivity index (χ3v) is 7.55. The van der Waals surface area contributed by atoms with Crippen molar-refractivity contribution in [2.24, 2.45) is 0 Å². The Bertz CT molecular complexity index is 1760. The molecule has 214 valence electrons. The zero-order valence-corrected chi connectivity index (χ0v) is 24.4. The highest BCUT2D eigenvalue weighted by molar-refractivity contribution is 6.31. The summed E-state index contributed by atoms with van der Waals surface area (Å²) in [4.78, 5) is 34.4. The number of carbonyl (C=O) groups is 1. The number of aromatic nitrogens is 2. The van der Waals surface area contributed by atoms with Gasteiger partial charge in [0.25, 0.3) is 11.5 Å². The van der Waals surface area contributed by atoms with Gasteiger partial charge in [0, 0.05) is 11.6 Å². The van der Waals surface area contributed by atoms with Crippen LogP contribution in [0.25, 0.3) is 16.6 Å². The first-order valence-corrected chi connectivity index (χ1v) is 14.3. The van der Waals surface area contributed by atoms with Crippen molar-refractivity contribution in [3.63, 3.8) is 0 Å². The Morgan fingerprint density at radius 2 is 1.69 bits per heavy atom. The second-order valence-electron chi connectivity index (χ2n) is 9.72. The zero-order valence-electron chi connectivity index (χ0n) is 22.8. The van der Waals surface area contributed by atoms with E-state index < -0.39 is 11.9 Å². The maximum atomic E-state index is 14.1. The van der Waals surface area contributed by atoms with Gasteiger partial charge in [-0.15, -0.1) is 0 Å². The molecule has 1 amide bonds. The van der Waals surface area contributed by atoms with Gasteiger partial charge in [0.2, 0.25) is 0 Å². The van der Waals surface area contributed by atoms with Gasteiger partial charge in [-0.1, -0.05) is 72.6 Å². The van der Waals surface area contributed by atoms with Crippen LogP contribution < -0.4 is 10.3 Å². The summed E-state index contributed by atoms with van der Waals surface area (Å²) in [5.74, 6) is -0.0315. The molecule has 0 saturated heterocycles. The van der Waals surface area contributed by atoms with Crippen molar-refractivity contribution in [3.05, 3.63) is 135 Å². The first kappa shape index (κ1) is 29.3. The van der Waals surface area contributed by atoms with Gasteiger partial charge in [0.05, 0.1) is 27.7 Å². The summed E-state index contributed by atoms with van der Waals surface area (Å²) < 4.78 is 21.4. The first-order chi connectivity index (χ1) is 20.4. The molecular formula is C33H28Cl2FN3O3. The SMILES string of the molecule is CCC(c1nc2ccccc2c(=O)n1-c1ccc(F)c(Cl)c1)N(CCc1ccccc1)C(=O)COc1ccc(Cl)cc1. The fraction of sp³-hybridized carbons (Fsp3) is 0.182. The molecule has 4 aromatic carbocycles. The van der Waals surface area contributed by atoms with Crippen molar-refractivity contribution in [3.8, 4) is 11.4 Å². The number of para-hydroxylation sites is 1. The van der Waals surface area contributed by atoms with Gasteiger partial charge in [-0.2, -0.15) is 0 Å². The molecule has 5 aromatic rings. The van der Waals surface area contributed by atoms with Gasteiger partial charge in [-0.05, 0) is 73.0 Å². The summed E-state index contributed by atoms with van der Waals surface area (Å²) >= 11 is 12.1. The van der Waals surface area contributed by atoms with Crippen molar-refractivity contribution in [2.75, 3.05) is 13.2 Å². The van der Waals surface area contributed by atoms with E-state index in [-0.39, 0.29) is 23.1 Å². The lowest BCUT2D eigenvalue weighted by Gasteiger charge is -2.32. The Kier molecular flexibility index (Phi) is 9.20. The number of hydrogen-bond acceptors (Lipinski definition) is 4. The summed E-state index contributed by atoms with van der Waals surface area (Å²) in [5.41, 5.74) is 1.56. The Balaban J connectivity index is 1.60. The van der Waals surface area contributed by atoms with E-state index in [1.165, 1.54) is 22.8 Å². The number of nitrogens with zero attached hydrogens (tertiary/aromatic N) is 3. The predicted octanol–water partition coefficient (Wildman–Crippen LogP) is 7.43. The number of hydrogen-bond donors (Lipinski definition) is 0. The van der Waals surface area contributed by atoms with Gasteiger partial charge in [0.1, 0.15) is 17.4 Å². The molecule has 0 N–H and O–H groups in total. The molecule has 42 heavy (non-hydrogen) atoms. The van der Waals surface area contributed by atoms with E-state index in [1.807, 2.05) is 37.3 Å². The predicted molar refractivity (Wildman–Crippen MR) is 164 cm³/mol. The van der Waals surface area contributed by atoms with Crippen LogP contribution in [0.5, 0.6) is 5.75 Å². The second kappa shape index (κ2) is 13.2. The van der Waals surface area contributed by atoms with Crippen LogP contribution in [0.15, 0.2) is 102 Å². The number of ether oxygens (including phenoxy) is 1. The number of benzene rings is 4. The molecule has 0 aliphatic carbocycles. The highest BCUT2D eigenvalue weighted by atomic mass is 35.5. The van der Waals surface area contributed by atoms with Crippen LogP contribution in [0, 0.1) is 5.82 Å². The third-order valence-electron chi connectivity index (χ3n) is 7.00. The van der Waals surface area contributed by atoms with Crippen molar-refractivity contribution >= 4 is 40.0 Å². The Hall–Kier alpha value is -4.20. The minimum Gasteiger partial charge on any atom is -0.484 e. The molecule has 0 saturated carbocycles. The molecule has 1 aromatic heterocycles. The van der Waals surface area contributed by atoms with E-state index in [2.05, 4.69) is 0 Å². The fourth-order valence-corrected chi connectivity index (χ4v) is 5.20. The van der Waals surface area contributed by atoms with E-state index >= 15 is 0 Å². The molecular weight excluding hydrogens is 576 g/mol. The monoisotopic (exact) mass is 603 g/mol. The molecule has 0 spiro atoms. The molecule has 0 radical (unpaired) electrons. The minimum atomic E-state index is -0.615. The van der Waals surface area contributed by atoms with Crippen molar-refractivity contribution in [2.45, 2.75) is 25.8 Å². The summed E-state index contributed by atoms with van der Waals surface area (Å²) in [5, 5.41) is 0.829. The van der Waals surface area contributed by atoms with Gasteiger partial charge >= 0.3 is 0 Å². The molecule has 5 rings (SSSR count). The summed E-state index contributed by atoms with van der Waals surface area (Å²) in [6.07, 6.45) is 1.02. The third kappa shape index (κ3) is 6.48. The van der Waals surface area contributed by atoms with Gasteiger partial charge in [0.15, 0.2) is 6.61 Å². The smallest absolute Gasteiger partial charge is 0.266 e. The number of rotatable bonds is 10. The Labute approximate surface area is 252 Å². The molecule has 0 aliphatic heterocycles. The number of carbonyl (C=O) groups excluding carboxylic acids is 1. The lowest BCUT2D eigenvalue weighted by molar-refractivity contribution is -0.136. The van der Waals surface area contributed by atoms with Gasteiger partial charge < -0.3 is 9.64 Å². The van der Waals surface area contributed by atoms with Crippen LogP contribution >= 0.6 is 23.2 Å². The number of halogens is 3. The standard InChI is InChI=1S/C33H28Cl2FN3O3/c1-2-30(32-37-29-11-7-6-10-26(29)33(41)39(32)24-14-17-28(36)27(35)20-24)38(19-18-22-8-4-3-5-9-22)31(40)21-42-25-15-12-23(34)13-16-25/h3-17,20,30H,2,18-19,21H2,1H3. The van der Waals surface area contributed by atoms with Gasteiger partial charge in [-0.25, -0.2) is 9.37 Å². The van der Waals surface area contributed by atoms with E-state index in [4.69, 9.17) is 32.9 Å². The van der Waals surface area contributed by atoms with Gasteiger partial charge in [-0.3, -0.25) is 14.2 Å². The largest absolute Gasteiger partial charge is 0.484 e. The van der Waals surface area contributed by atoms with Crippen LogP contribution in [-0.4, -0.2) is 33.5 Å². The minimum absolute atomic E-state index is 0.125. The first-order valence-electron chi connectivity index (χ1n) is 13.5. The lowest BCUT2D eigenvalue weighted by atomic mass is 10.1. The van der Waals surface area contributed by atoms with E-state index in [9.17, 15) is 14.0 Å². The lowest BCUT2D eigenvalue weighted by Crippen LogP contribution is -2.42. The van der Waals surface area contributed by atoms with Crippen LogP contribution in [0.1, 0.15) is 30.8 Å². The average molecular weight is 605 g/mol. The quantitative estimate of drug-likeness (QED) is 0.166. The molecule has 0 aliphatic rings. The van der Waals surface area contributed by atoms with Crippen LogP contribution in [0.2, 0.25) is 10.0 Å². The normalized spacial score (nSPS) is 11.8. The highest BCUT2D eigenvalue weighted by Crippen LogP contribution is 2.28. The van der Waals surface area contributed by atoms with Crippen molar-refractivity contribution in [1.29, 1.82) is 0 Å². The Morgan fingerprint density at radius 1 is 0.976 bits per heavy atom. The summed E-state index contributed by atoms with van der Waals surface area (Å²) in [6.45, 7) is 2.04. The average Bonchev–Trinajstić information content (AvgIpc) is 3.01. The molecule has 0 fully saturated rings. The van der Waals surface area contributed by atoms with Crippen LogP contribution in [0.3, 0.4) is 0 Å². The summed E-state index contributed by atoms with van der Waals surface area (Å²) in [6, 6.07) is 27.1. The van der Waals surface area contributed by atoms with Crippen LogP contribution in [0.4, 0.5) is 4.39 Å². The molecule has 1 atom stereocenters. The summed E-state index contributed by atoms with van der Waals surface area (Å²) in [7, 11) is 0. The van der Waals surface area contributed by atoms with E-state index in [0.29, 0.717) is 52.6 Å². The van der Waals surface area contributed by atoms with E-state index in [1.54, 1.807) is 53.4 Å². The van der Waals surface area contributed by atoms with E-state index in [0.717, 1.165) is 5.56 Å². The van der Waals surface area contributed by atoms with Crippen molar-refractivity contribution in [1.82, 2.24) is 14.5 Å². The fourth-order valence-electron chi connectivity index (χ4n) is 4.90. The molecule has 1 heterocycles. The maximum Gasteiger partial charge on any atom is 0.266 e. The second-order valence-corrected chi connectivity index (χ2v) is 10.6. The topological polar surface area (TPSA) is 64.4 Å². The number of amides is 1. The van der Waals surface area contributed by atoms with Crippen LogP contribution in [-0.2, 0) is 11.2 Å². The Morgan fingerprint density at radius 3 is 2.40 bits per heavy atom. The molecule has 0 bridgehead atoms. The molecule has 1 unspecified atom stereocenters. The highest BCUT2D eigenvalue weighted by Gasteiger charge is 2.29.